The first kappa shape index (κ1) is 43.9. The van der Waals surface area contributed by atoms with Crippen LogP contribution in [0.15, 0.2) is 47.4 Å². The summed E-state index contributed by atoms with van der Waals surface area (Å²) in [6.07, 6.45) is 8.32. The molecule has 0 bridgehead atoms. The Morgan fingerprint density at radius 1 is 0.938 bits per heavy atom. The highest BCUT2D eigenvalue weighted by Crippen LogP contribution is 2.41. The topological polar surface area (TPSA) is 180 Å². The van der Waals surface area contributed by atoms with Gasteiger partial charge in [0.1, 0.15) is 11.1 Å². The standard InChI is InChI=1S/C46H53Cl2N9O7/c1-25(2)57-37-5-4-29(16-27(37)18-39(45(57)62)63-24-41(59)49-3)51-42-36(48)22-50-46(53-42)55-14-10-31(11-15-55)64-32-19-30(20-32)54-12-8-26(9-13-54)33-17-28-23-56(44(61)34(28)21-35(33)47)38-6-7-40(58)52-43(38)60/h4-5,16-18,21-22,25-26,30-32,38H,6-15,19-20,23-24H2,1-3H3,(H,49,59)(H,50,51,53)(H,52,58,60)/t30?,32?,38-/m1/s1. The van der Waals surface area contributed by atoms with Crippen molar-refractivity contribution in [2.45, 2.75) is 108 Å². The van der Waals surface area contributed by atoms with Gasteiger partial charge in [-0.15, -0.1) is 0 Å². The Hall–Kier alpha value is -5.29. The Bertz CT molecular complexity index is 2550. The summed E-state index contributed by atoms with van der Waals surface area (Å²) in [4.78, 5) is 78.2. The van der Waals surface area contributed by atoms with E-state index in [1.807, 2.05) is 32.0 Å². The van der Waals surface area contributed by atoms with Gasteiger partial charge in [-0.1, -0.05) is 29.3 Å². The number of halogens is 2. The molecule has 0 spiro atoms. The summed E-state index contributed by atoms with van der Waals surface area (Å²) < 4.78 is 13.9. The molecular weight excluding hydrogens is 861 g/mol. The minimum atomic E-state index is -0.645. The average Bonchev–Trinajstić information content (AvgIpc) is 3.58. The van der Waals surface area contributed by atoms with Crippen molar-refractivity contribution in [3.05, 3.63) is 79.7 Å². The van der Waals surface area contributed by atoms with Crippen LogP contribution >= 0.6 is 23.2 Å². The van der Waals surface area contributed by atoms with E-state index < -0.39 is 11.9 Å². The van der Waals surface area contributed by atoms with E-state index in [0.29, 0.717) is 58.0 Å². The smallest absolute Gasteiger partial charge is 0.293 e. The molecule has 3 N–H and O–H groups in total. The van der Waals surface area contributed by atoms with Crippen molar-refractivity contribution in [3.63, 3.8) is 0 Å². The molecule has 4 aliphatic heterocycles. The third-order valence-corrected chi connectivity index (χ3v) is 14.1. The largest absolute Gasteiger partial charge is 0.478 e. The fraction of sp³-hybridized carbons (Fsp3) is 0.500. The maximum atomic E-state index is 13.3. The Morgan fingerprint density at radius 3 is 2.42 bits per heavy atom. The summed E-state index contributed by atoms with van der Waals surface area (Å²) in [5, 5.41) is 9.93. The van der Waals surface area contributed by atoms with Gasteiger partial charge in [0.15, 0.2) is 18.2 Å². The number of amides is 4. The Morgan fingerprint density at radius 2 is 1.70 bits per heavy atom. The second-order valence-electron chi connectivity index (χ2n) is 17.8. The van der Waals surface area contributed by atoms with Gasteiger partial charge in [0.2, 0.25) is 17.8 Å². The maximum Gasteiger partial charge on any atom is 0.293 e. The second-order valence-corrected chi connectivity index (χ2v) is 18.6. The van der Waals surface area contributed by atoms with Gasteiger partial charge in [-0.25, -0.2) is 4.98 Å². The molecule has 2 aromatic heterocycles. The molecule has 18 heteroatoms. The molecule has 4 amide bonds. The van der Waals surface area contributed by atoms with E-state index in [4.69, 9.17) is 37.7 Å². The maximum absolute atomic E-state index is 13.3. The molecule has 0 unspecified atom stereocenters. The van der Waals surface area contributed by atoms with Crippen LogP contribution in [0.4, 0.5) is 17.5 Å². The lowest BCUT2D eigenvalue weighted by Gasteiger charge is -2.47. The number of hydrogen-bond donors (Lipinski definition) is 3. The zero-order valence-electron chi connectivity index (χ0n) is 36.2. The lowest BCUT2D eigenvalue weighted by molar-refractivity contribution is -0.137. The molecular formula is C46H53Cl2N9O7. The van der Waals surface area contributed by atoms with Gasteiger partial charge in [-0.3, -0.25) is 29.3 Å². The van der Waals surface area contributed by atoms with E-state index in [1.165, 1.54) is 7.05 Å². The summed E-state index contributed by atoms with van der Waals surface area (Å²) in [7, 11) is 1.51. The minimum Gasteiger partial charge on any atom is -0.478 e. The molecule has 6 heterocycles. The molecule has 1 aliphatic carbocycles. The van der Waals surface area contributed by atoms with Crippen molar-refractivity contribution < 1.29 is 28.7 Å². The molecule has 9 rings (SSSR count). The molecule has 64 heavy (non-hydrogen) atoms. The SMILES string of the molecule is CNC(=O)COc1cc2cc(Nc3nc(N4CCC(OC5CC(N6CCC(c7cc8c(cc7Cl)C(=O)N([C@@H]7CCC(=O)NC7=O)C8)CC6)C5)CC4)ncc3Cl)ccc2n(C(C)C)c1=O. The summed E-state index contributed by atoms with van der Waals surface area (Å²) >= 11 is 13.4. The van der Waals surface area contributed by atoms with Crippen LogP contribution in [0.3, 0.4) is 0 Å². The van der Waals surface area contributed by atoms with Crippen molar-refractivity contribution in [2.75, 3.05) is 50.1 Å². The predicted molar refractivity (Wildman–Crippen MR) is 243 cm³/mol. The third-order valence-electron chi connectivity index (χ3n) is 13.5. The highest BCUT2D eigenvalue weighted by Gasteiger charge is 2.41. The van der Waals surface area contributed by atoms with Crippen LogP contribution in [0, 0.1) is 0 Å². The number of pyridine rings is 1. The van der Waals surface area contributed by atoms with E-state index in [2.05, 4.69) is 36.8 Å². The number of rotatable bonds is 12. The third kappa shape index (κ3) is 8.89. The minimum absolute atomic E-state index is 0.0919. The van der Waals surface area contributed by atoms with E-state index in [9.17, 15) is 24.0 Å². The monoisotopic (exact) mass is 913 g/mol. The number of nitrogens with zero attached hydrogens (tertiary/aromatic N) is 6. The van der Waals surface area contributed by atoms with Gasteiger partial charge >= 0.3 is 0 Å². The molecule has 338 valence electrons. The zero-order chi connectivity index (χ0) is 44.8. The van der Waals surface area contributed by atoms with Crippen LogP contribution in [-0.2, 0) is 25.7 Å². The zero-order valence-corrected chi connectivity index (χ0v) is 37.7. The van der Waals surface area contributed by atoms with Crippen LogP contribution in [0.5, 0.6) is 5.75 Å². The number of carbonyl (C=O) groups excluding carboxylic acids is 4. The second kappa shape index (κ2) is 18.3. The fourth-order valence-corrected chi connectivity index (χ4v) is 10.3. The number of ether oxygens (including phenoxy) is 2. The summed E-state index contributed by atoms with van der Waals surface area (Å²) in [6, 6.07) is 10.8. The van der Waals surface area contributed by atoms with E-state index in [1.54, 1.807) is 27.8 Å². The molecule has 2 aromatic carbocycles. The average molecular weight is 915 g/mol. The van der Waals surface area contributed by atoms with E-state index in [0.717, 1.165) is 86.7 Å². The number of benzene rings is 2. The fourth-order valence-electron chi connectivity index (χ4n) is 9.87. The van der Waals surface area contributed by atoms with Crippen molar-refractivity contribution in [2.24, 2.45) is 0 Å². The molecule has 4 fully saturated rings. The van der Waals surface area contributed by atoms with Gasteiger partial charge in [0.25, 0.3) is 17.4 Å². The highest BCUT2D eigenvalue weighted by atomic mass is 35.5. The number of likely N-dealkylation sites (N-methyl/N-ethyl adjacent to an activating group) is 1. The quantitative estimate of drug-likeness (QED) is 0.148. The van der Waals surface area contributed by atoms with Crippen molar-refractivity contribution in [1.29, 1.82) is 0 Å². The predicted octanol–water partition coefficient (Wildman–Crippen LogP) is 5.70. The summed E-state index contributed by atoms with van der Waals surface area (Å²) in [6.45, 7) is 7.39. The van der Waals surface area contributed by atoms with Gasteiger partial charge in [-0.2, -0.15) is 4.98 Å². The van der Waals surface area contributed by atoms with Crippen molar-refractivity contribution in [1.82, 2.24) is 35.0 Å². The number of anilines is 3. The van der Waals surface area contributed by atoms with Gasteiger partial charge in [0.05, 0.1) is 23.9 Å². The van der Waals surface area contributed by atoms with Crippen LogP contribution in [0.2, 0.25) is 10.0 Å². The van der Waals surface area contributed by atoms with Crippen molar-refractivity contribution >= 4 is 75.2 Å². The van der Waals surface area contributed by atoms with Crippen LogP contribution in [0.25, 0.3) is 10.9 Å². The number of fused-ring (bicyclic) bond motifs is 2. The molecule has 4 aromatic rings. The molecule has 16 nitrogen and oxygen atoms in total. The van der Waals surface area contributed by atoms with Gasteiger partial charge in [-0.05, 0) is 119 Å². The molecule has 1 atom stereocenters. The van der Waals surface area contributed by atoms with E-state index >= 15 is 0 Å². The van der Waals surface area contributed by atoms with Crippen molar-refractivity contribution in [3.8, 4) is 5.75 Å². The van der Waals surface area contributed by atoms with Gasteiger partial charge in [0, 0.05) is 66.8 Å². The first-order chi connectivity index (χ1) is 30.8. The number of nitrogens with one attached hydrogen (secondary N) is 3. The normalized spacial score (nSPS) is 22.2. The van der Waals surface area contributed by atoms with Crippen LogP contribution in [0.1, 0.15) is 98.7 Å². The summed E-state index contributed by atoms with van der Waals surface area (Å²) in [5.41, 5.74) is 3.65. The number of piperidine rings is 3. The number of imide groups is 1. The Labute approximate surface area is 380 Å². The van der Waals surface area contributed by atoms with Crippen LogP contribution < -0.4 is 31.1 Å². The molecule has 0 radical (unpaired) electrons. The first-order valence-electron chi connectivity index (χ1n) is 22.3. The first-order valence-corrected chi connectivity index (χ1v) is 23.0. The van der Waals surface area contributed by atoms with E-state index in [-0.39, 0.29) is 60.3 Å². The molecule has 5 aliphatic rings. The summed E-state index contributed by atoms with van der Waals surface area (Å²) in [5.74, 6) is 0.188. The van der Waals surface area contributed by atoms with Crippen LogP contribution in [-0.4, -0.2) is 112 Å². The highest BCUT2D eigenvalue weighted by molar-refractivity contribution is 6.33. The lowest BCUT2D eigenvalue weighted by atomic mass is 9.83. The number of aromatic nitrogens is 3. The lowest BCUT2D eigenvalue weighted by Crippen LogP contribution is -2.52. The van der Waals surface area contributed by atoms with Gasteiger partial charge < -0.3 is 39.4 Å². The Kier molecular flexibility index (Phi) is 12.6. The number of likely N-dealkylation sites (tertiary alicyclic amines) is 1. The Balaban J connectivity index is 0.746. The number of hydrogen-bond acceptors (Lipinski definition) is 12. The number of carbonyl (C=O) groups is 4. The molecule has 1 saturated carbocycles. The molecule has 3 saturated heterocycles.